The number of nitriles is 1. The van der Waals surface area contributed by atoms with Crippen LogP contribution in [0.1, 0.15) is 22.8 Å². The van der Waals surface area contributed by atoms with Crippen molar-refractivity contribution in [2.75, 3.05) is 6.61 Å². The molecule has 5 nitrogen and oxygen atoms in total. The maximum absolute atomic E-state index is 11.3. The van der Waals surface area contributed by atoms with E-state index in [9.17, 15) is 9.59 Å². The van der Waals surface area contributed by atoms with Gasteiger partial charge in [0.2, 0.25) is 0 Å². The minimum atomic E-state index is -0.657. The predicted molar refractivity (Wildman–Crippen MR) is 47.7 cm³/mol. The fourth-order valence-electron chi connectivity index (χ4n) is 0.968. The molecule has 1 N–H and O–H groups in total. The maximum atomic E-state index is 11.3. The lowest BCUT2D eigenvalue weighted by Crippen LogP contribution is -2.16. The topological polar surface area (TPSA) is 83.0 Å². The van der Waals surface area contributed by atoms with Crippen molar-refractivity contribution in [2.45, 2.75) is 6.92 Å². The third kappa shape index (κ3) is 1.80. The Morgan fingerprint density at radius 1 is 1.71 bits per heavy atom. The molecule has 0 radical (unpaired) electrons. The number of pyridine rings is 1. The second-order valence-electron chi connectivity index (χ2n) is 2.43. The van der Waals surface area contributed by atoms with Crippen LogP contribution >= 0.6 is 0 Å². The van der Waals surface area contributed by atoms with Crippen LogP contribution < -0.4 is 5.56 Å². The number of ether oxygens (including phenoxy) is 1. The van der Waals surface area contributed by atoms with Gasteiger partial charge < -0.3 is 9.72 Å². The number of nitrogens with zero attached hydrogens (tertiary/aromatic N) is 1. The Bertz CT molecular complexity index is 442. The van der Waals surface area contributed by atoms with Crippen LogP contribution in [0.15, 0.2) is 17.1 Å². The van der Waals surface area contributed by atoms with Gasteiger partial charge in [0.05, 0.1) is 12.2 Å². The summed E-state index contributed by atoms with van der Waals surface area (Å²) in [4.78, 5) is 24.6. The average molecular weight is 192 g/mol. The van der Waals surface area contributed by atoms with Crippen molar-refractivity contribution in [1.82, 2.24) is 4.98 Å². The van der Waals surface area contributed by atoms with Crippen LogP contribution in [0.5, 0.6) is 0 Å². The van der Waals surface area contributed by atoms with E-state index >= 15 is 0 Å². The van der Waals surface area contributed by atoms with E-state index < -0.39 is 11.5 Å². The molecule has 0 aliphatic carbocycles. The number of aromatic nitrogens is 1. The molecule has 0 amide bonds. The highest BCUT2D eigenvalue weighted by Crippen LogP contribution is 2.03. The Balaban J connectivity index is 3.22. The lowest BCUT2D eigenvalue weighted by Gasteiger charge is -2.01. The molecule has 1 aromatic heterocycles. The molecular weight excluding hydrogens is 184 g/mol. The second kappa shape index (κ2) is 4.23. The number of carbonyl (C=O) groups excluding carboxylic acids is 1. The third-order valence-corrected chi connectivity index (χ3v) is 1.57. The summed E-state index contributed by atoms with van der Waals surface area (Å²) in [5, 5.41) is 8.64. The number of hydrogen-bond donors (Lipinski definition) is 1. The average Bonchev–Trinajstić information content (AvgIpc) is 2.17. The van der Waals surface area contributed by atoms with Crippen LogP contribution in [-0.2, 0) is 4.74 Å². The highest BCUT2D eigenvalue weighted by molar-refractivity contribution is 5.91. The Morgan fingerprint density at radius 2 is 2.43 bits per heavy atom. The van der Waals surface area contributed by atoms with Gasteiger partial charge >= 0.3 is 5.97 Å². The first-order valence-electron chi connectivity index (χ1n) is 3.99. The zero-order chi connectivity index (χ0) is 10.6. The molecule has 14 heavy (non-hydrogen) atoms. The van der Waals surface area contributed by atoms with E-state index in [1.54, 1.807) is 13.0 Å². The van der Waals surface area contributed by atoms with Crippen molar-refractivity contribution in [3.8, 4) is 6.07 Å². The molecule has 0 fully saturated rings. The Kier molecular flexibility index (Phi) is 3.02. The van der Waals surface area contributed by atoms with Crippen molar-refractivity contribution in [2.24, 2.45) is 0 Å². The maximum Gasteiger partial charge on any atom is 0.339 e. The molecule has 1 heterocycles. The first-order valence-corrected chi connectivity index (χ1v) is 3.99. The second-order valence-corrected chi connectivity index (χ2v) is 2.43. The van der Waals surface area contributed by atoms with Crippen LogP contribution in [0.3, 0.4) is 0 Å². The molecule has 0 unspecified atom stereocenters. The van der Waals surface area contributed by atoms with Gasteiger partial charge in [0.15, 0.2) is 0 Å². The SMILES string of the molecule is CCOC(=O)c1cc[nH]c(=O)c1C#N. The molecule has 0 saturated carbocycles. The van der Waals surface area contributed by atoms with E-state index in [1.807, 2.05) is 0 Å². The standard InChI is InChI=1S/C9H8N2O3/c1-2-14-9(13)6-3-4-11-8(12)7(6)5-10/h3-4H,2H2,1H3,(H,11,12). The van der Waals surface area contributed by atoms with E-state index in [4.69, 9.17) is 5.26 Å². The van der Waals surface area contributed by atoms with Gasteiger partial charge in [-0.25, -0.2) is 4.79 Å². The Hall–Kier alpha value is -2.09. The summed E-state index contributed by atoms with van der Waals surface area (Å²) in [6.07, 6.45) is 1.30. The lowest BCUT2D eigenvalue weighted by atomic mass is 10.1. The molecule has 0 aromatic carbocycles. The zero-order valence-corrected chi connectivity index (χ0v) is 7.53. The first kappa shape index (κ1) is 9.99. The minimum Gasteiger partial charge on any atom is -0.462 e. The van der Waals surface area contributed by atoms with Gasteiger partial charge in [-0.05, 0) is 13.0 Å². The molecule has 5 heteroatoms. The van der Waals surface area contributed by atoms with E-state index in [0.717, 1.165) is 0 Å². The molecule has 0 atom stereocenters. The number of hydrogen-bond acceptors (Lipinski definition) is 4. The van der Waals surface area contributed by atoms with Gasteiger partial charge in [-0.15, -0.1) is 0 Å². The van der Waals surface area contributed by atoms with Crippen molar-refractivity contribution in [3.05, 3.63) is 33.7 Å². The van der Waals surface area contributed by atoms with Crippen LogP contribution in [0.4, 0.5) is 0 Å². The number of carbonyl (C=O) groups is 1. The van der Waals surface area contributed by atoms with Gasteiger partial charge in [0.1, 0.15) is 11.6 Å². The Morgan fingerprint density at radius 3 is 3.00 bits per heavy atom. The molecule has 1 aromatic rings. The summed E-state index contributed by atoms with van der Waals surface area (Å²) in [6, 6.07) is 3.00. The number of aromatic amines is 1. The van der Waals surface area contributed by atoms with Gasteiger partial charge in [0.25, 0.3) is 5.56 Å². The van der Waals surface area contributed by atoms with E-state index in [-0.39, 0.29) is 17.7 Å². The van der Waals surface area contributed by atoms with Crippen LogP contribution in [-0.4, -0.2) is 17.6 Å². The van der Waals surface area contributed by atoms with E-state index in [0.29, 0.717) is 0 Å². The minimum absolute atomic E-state index is 0.00176. The normalized spacial score (nSPS) is 9.14. The zero-order valence-electron chi connectivity index (χ0n) is 7.53. The molecule has 0 saturated heterocycles. The largest absolute Gasteiger partial charge is 0.462 e. The monoisotopic (exact) mass is 192 g/mol. The first-order chi connectivity index (χ1) is 6.70. The number of rotatable bonds is 2. The van der Waals surface area contributed by atoms with Gasteiger partial charge in [-0.1, -0.05) is 0 Å². The van der Waals surface area contributed by atoms with E-state index in [1.165, 1.54) is 12.3 Å². The molecule has 0 aliphatic heterocycles. The van der Waals surface area contributed by atoms with Crippen LogP contribution in [0.2, 0.25) is 0 Å². The van der Waals surface area contributed by atoms with Gasteiger partial charge in [-0.3, -0.25) is 4.79 Å². The summed E-state index contributed by atoms with van der Waals surface area (Å²) < 4.78 is 4.68. The highest BCUT2D eigenvalue weighted by atomic mass is 16.5. The van der Waals surface area contributed by atoms with Crippen molar-refractivity contribution >= 4 is 5.97 Å². The molecule has 72 valence electrons. The van der Waals surface area contributed by atoms with Gasteiger partial charge in [-0.2, -0.15) is 5.26 Å². The van der Waals surface area contributed by atoms with Crippen molar-refractivity contribution in [3.63, 3.8) is 0 Å². The molecular formula is C9H8N2O3. The van der Waals surface area contributed by atoms with Crippen LogP contribution in [0, 0.1) is 11.3 Å². The van der Waals surface area contributed by atoms with Gasteiger partial charge in [0, 0.05) is 6.20 Å². The molecule has 0 bridgehead atoms. The smallest absolute Gasteiger partial charge is 0.339 e. The van der Waals surface area contributed by atoms with Crippen molar-refractivity contribution in [1.29, 1.82) is 5.26 Å². The number of H-pyrrole nitrogens is 1. The summed E-state index contributed by atoms with van der Waals surface area (Å²) >= 11 is 0. The molecule has 0 aliphatic rings. The number of nitrogens with one attached hydrogen (secondary N) is 1. The quantitative estimate of drug-likeness (QED) is 0.688. The summed E-state index contributed by atoms with van der Waals surface area (Å²) in [5.74, 6) is -0.657. The third-order valence-electron chi connectivity index (χ3n) is 1.57. The van der Waals surface area contributed by atoms with Crippen molar-refractivity contribution < 1.29 is 9.53 Å². The lowest BCUT2D eigenvalue weighted by molar-refractivity contribution is 0.0525. The fraction of sp³-hybridized carbons (Fsp3) is 0.222. The van der Waals surface area contributed by atoms with Crippen LogP contribution in [0.25, 0.3) is 0 Å². The van der Waals surface area contributed by atoms with E-state index in [2.05, 4.69) is 9.72 Å². The predicted octanol–water partition coefficient (Wildman–Crippen LogP) is 0.423. The summed E-state index contributed by atoms with van der Waals surface area (Å²) in [6.45, 7) is 1.85. The Labute approximate surface area is 79.9 Å². The summed E-state index contributed by atoms with van der Waals surface area (Å²) in [7, 11) is 0. The molecule has 1 rings (SSSR count). The summed E-state index contributed by atoms with van der Waals surface area (Å²) in [5.41, 5.74) is -0.804. The highest BCUT2D eigenvalue weighted by Gasteiger charge is 2.14. The fourth-order valence-corrected chi connectivity index (χ4v) is 0.968. The number of esters is 1. The molecule has 0 spiro atoms.